The maximum Gasteiger partial charge on any atom is 0.255 e. The number of nitrogens with zero attached hydrogens (tertiary/aromatic N) is 2. The van der Waals surface area contributed by atoms with E-state index in [-0.39, 0.29) is 23.6 Å². The fourth-order valence-corrected chi connectivity index (χ4v) is 9.61. The smallest absolute Gasteiger partial charge is 0.255 e. The molecule has 0 saturated carbocycles. The van der Waals surface area contributed by atoms with E-state index in [9.17, 15) is 19.2 Å². The molecule has 4 heterocycles. The molecule has 58 heavy (non-hydrogen) atoms. The number of anilines is 2. The van der Waals surface area contributed by atoms with Crippen LogP contribution in [0.25, 0.3) is 33.0 Å². The molecule has 2 aromatic heterocycles. The van der Waals surface area contributed by atoms with E-state index in [0.717, 1.165) is 44.8 Å². The van der Waals surface area contributed by atoms with Crippen LogP contribution in [-0.2, 0) is 9.59 Å². The van der Waals surface area contributed by atoms with E-state index in [0.29, 0.717) is 48.4 Å². The number of amides is 4. The summed E-state index contributed by atoms with van der Waals surface area (Å²) in [4.78, 5) is 62.5. The van der Waals surface area contributed by atoms with Crippen LogP contribution in [0.15, 0.2) is 121 Å². The van der Waals surface area contributed by atoms with Gasteiger partial charge in [0.15, 0.2) is 0 Å². The molecule has 2 fully saturated rings. The van der Waals surface area contributed by atoms with Gasteiger partial charge in [-0.2, -0.15) is 0 Å². The predicted octanol–water partition coefficient (Wildman–Crippen LogP) is 10.4. The van der Waals surface area contributed by atoms with Crippen LogP contribution in [-0.4, -0.2) is 58.6 Å². The number of rotatable bonds is 10. The van der Waals surface area contributed by atoms with Gasteiger partial charge < -0.3 is 20.4 Å². The minimum atomic E-state index is -0.541. The molecule has 0 spiro atoms. The van der Waals surface area contributed by atoms with Gasteiger partial charge in [0.1, 0.15) is 12.1 Å². The predicted molar refractivity (Wildman–Crippen MR) is 236 cm³/mol. The molecular weight excluding hydrogens is 761 g/mol. The fraction of sp³-hybridized carbons (Fsp3) is 0.208. The number of carbonyl (C=O) groups is 4. The number of carbonyl (C=O) groups excluding carboxylic acids is 4. The number of nitrogens with one attached hydrogen (secondary N) is 2. The van der Waals surface area contributed by atoms with E-state index in [4.69, 9.17) is 0 Å². The molecule has 0 aliphatic carbocycles. The molecule has 2 aliphatic rings. The Hall–Kier alpha value is -6.10. The van der Waals surface area contributed by atoms with Crippen LogP contribution in [0.4, 0.5) is 11.4 Å². The molecule has 10 heteroatoms. The van der Waals surface area contributed by atoms with Crippen molar-refractivity contribution in [2.24, 2.45) is 0 Å². The molecule has 8 rings (SSSR count). The zero-order valence-electron chi connectivity index (χ0n) is 32.4. The normalized spacial score (nSPS) is 16.5. The standard InChI is InChI=1S/C48H44N4O4S2/c1-31-15-27-43(57-31)37-9-3-5-11-39(37)47(55)51-29-7-13-41(51)45(53)49-35-23-19-33(20-24-35)17-18-34-21-25-36(26-22-34)50-46(54)42-14-8-30-52(42)48(56)40-12-6-4-10-38(40)44-28-16-32(2)58-44/h3-6,9-12,15-28,41-42H,7-8,13-14,29-30H2,1-2H3,(H,49,53)(H,50,54)/t41-,42-/m0/s1. The molecule has 2 N–H and O–H groups in total. The van der Waals surface area contributed by atoms with Crippen molar-refractivity contribution >= 4 is 69.8 Å². The van der Waals surface area contributed by atoms with Crippen molar-refractivity contribution < 1.29 is 19.2 Å². The summed E-state index contributed by atoms with van der Waals surface area (Å²) >= 11 is 3.31. The first kappa shape index (κ1) is 38.8. The van der Waals surface area contributed by atoms with Gasteiger partial charge in [-0.25, -0.2) is 0 Å². The quantitative estimate of drug-likeness (QED) is 0.135. The third-order valence-electron chi connectivity index (χ3n) is 10.8. The molecular formula is C48H44N4O4S2. The van der Waals surface area contributed by atoms with Gasteiger partial charge in [-0.1, -0.05) is 72.8 Å². The third-order valence-corrected chi connectivity index (χ3v) is 12.9. The average Bonchev–Trinajstić information content (AvgIpc) is 4.09. The number of aryl methyl sites for hydroxylation is 2. The maximum atomic E-state index is 13.8. The Morgan fingerprint density at radius 2 is 0.931 bits per heavy atom. The highest BCUT2D eigenvalue weighted by molar-refractivity contribution is 7.15. The number of hydrogen-bond donors (Lipinski definition) is 2. The van der Waals surface area contributed by atoms with Gasteiger partial charge in [-0.15, -0.1) is 22.7 Å². The highest BCUT2D eigenvalue weighted by Gasteiger charge is 2.37. The lowest BCUT2D eigenvalue weighted by Crippen LogP contribution is -2.43. The van der Waals surface area contributed by atoms with Crippen LogP contribution in [0.5, 0.6) is 0 Å². The van der Waals surface area contributed by atoms with Crippen LogP contribution in [0.1, 0.15) is 67.3 Å². The summed E-state index contributed by atoms with van der Waals surface area (Å²) in [6, 6.07) is 37.6. The van der Waals surface area contributed by atoms with E-state index in [1.807, 2.05) is 121 Å². The van der Waals surface area contributed by atoms with Gasteiger partial charge in [0.25, 0.3) is 11.8 Å². The summed E-state index contributed by atoms with van der Waals surface area (Å²) in [7, 11) is 0. The Morgan fingerprint density at radius 3 is 1.31 bits per heavy atom. The zero-order valence-corrected chi connectivity index (χ0v) is 34.1. The first-order chi connectivity index (χ1) is 28.2. The summed E-state index contributed by atoms with van der Waals surface area (Å²) in [6.07, 6.45) is 6.75. The molecule has 8 nitrogen and oxygen atoms in total. The molecule has 4 amide bonds. The highest BCUT2D eigenvalue weighted by atomic mass is 32.1. The summed E-state index contributed by atoms with van der Waals surface area (Å²) in [5, 5.41) is 6.06. The first-order valence-corrected chi connectivity index (χ1v) is 21.3. The minimum Gasteiger partial charge on any atom is -0.327 e. The van der Waals surface area contributed by atoms with Gasteiger partial charge in [0.05, 0.1) is 0 Å². The maximum absolute atomic E-state index is 13.8. The molecule has 2 atom stereocenters. The second-order valence-electron chi connectivity index (χ2n) is 14.8. The molecule has 292 valence electrons. The van der Waals surface area contributed by atoms with Gasteiger partial charge in [-0.3, -0.25) is 19.2 Å². The number of thiophene rings is 2. The Labute approximate surface area is 346 Å². The van der Waals surface area contributed by atoms with E-state index in [2.05, 4.69) is 36.6 Å². The lowest BCUT2D eigenvalue weighted by atomic mass is 10.0. The highest BCUT2D eigenvalue weighted by Crippen LogP contribution is 2.34. The van der Waals surface area contributed by atoms with Crippen molar-refractivity contribution in [1.82, 2.24) is 9.80 Å². The van der Waals surface area contributed by atoms with Crippen LogP contribution in [0.2, 0.25) is 0 Å². The molecule has 4 aromatic carbocycles. The van der Waals surface area contributed by atoms with Crippen molar-refractivity contribution in [3.05, 3.63) is 153 Å². The summed E-state index contributed by atoms with van der Waals surface area (Å²) in [5.74, 6) is -0.616. The molecule has 0 radical (unpaired) electrons. The third kappa shape index (κ3) is 8.44. The Bertz CT molecular complexity index is 2330. The number of hydrogen-bond acceptors (Lipinski definition) is 6. The van der Waals surface area contributed by atoms with Crippen LogP contribution in [0, 0.1) is 13.8 Å². The van der Waals surface area contributed by atoms with E-state index in [1.165, 1.54) is 9.75 Å². The largest absolute Gasteiger partial charge is 0.327 e. The average molecular weight is 805 g/mol. The Kier molecular flexibility index (Phi) is 11.5. The summed E-state index contributed by atoms with van der Waals surface area (Å²) in [5.41, 5.74) is 6.26. The van der Waals surface area contributed by atoms with Gasteiger partial charge >= 0.3 is 0 Å². The first-order valence-electron chi connectivity index (χ1n) is 19.7. The van der Waals surface area contributed by atoms with Gasteiger partial charge in [0.2, 0.25) is 11.8 Å². The number of benzene rings is 4. The second kappa shape index (κ2) is 17.2. The summed E-state index contributed by atoms with van der Waals surface area (Å²) in [6.45, 7) is 5.18. The number of likely N-dealkylation sites (tertiary alicyclic amines) is 2. The van der Waals surface area contributed by atoms with Crippen LogP contribution < -0.4 is 10.6 Å². The van der Waals surface area contributed by atoms with E-state index >= 15 is 0 Å². The second-order valence-corrected chi connectivity index (χ2v) is 17.4. The van der Waals surface area contributed by atoms with Crippen molar-refractivity contribution in [3.8, 4) is 20.9 Å². The van der Waals surface area contributed by atoms with E-state index < -0.39 is 12.1 Å². The van der Waals surface area contributed by atoms with Crippen molar-refractivity contribution in [2.45, 2.75) is 51.6 Å². The minimum absolute atomic E-state index is 0.121. The lowest BCUT2D eigenvalue weighted by molar-refractivity contribution is -0.120. The van der Waals surface area contributed by atoms with Crippen LogP contribution >= 0.6 is 22.7 Å². The van der Waals surface area contributed by atoms with Crippen molar-refractivity contribution in [3.63, 3.8) is 0 Å². The van der Waals surface area contributed by atoms with E-state index in [1.54, 1.807) is 32.5 Å². The monoisotopic (exact) mass is 804 g/mol. The molecule has 2 saturated heterocycles. The Morgan fingerprint density at radius 1 is 0.534 bits per heavy atom. The van der Waals surface area contributed by atoms with Gasteiger partial charge in [-0.05, 0) is 111 Å². The van der Waals surface area contributed by atoms with Crippen LogP contribution in [0.3, 0.4) is 0 Å². The summed E-state index contributed by atoms with van der Waals surface area (Å²) < 4.78 is 0. The SMILES string of the molecule is Cc1ccc(-c2ccccc2C(=O)N2CCC[C@H]2C(=O)Nc2ccc(C=Cc3ccc(NC(=O)[C@@H]4CCCN4C(=O)c4ccccc4-c4ccc(C)s4)cc3)cc2)s1. The molecule has 6 aromatic rings. The lowest BCUT2D eigenvalue weighted by Gasteiger charge is -2.25. The molecule has 0 bridgehead atoms. The van der Waals surface area contributed by atoms with Gasteiger partial charge in [0, 0.05) is 66.2 Å². The zero-order chi connectivity index (χ0) is 40.2. The molecule has 0 unspecified atom stereocenters. The Balaban J connectivity index is 0.855. The fourth-order valence-electron chi connectivity index (χ4n) is 7.80. The topological polar surface area (TPSA) is 98.8 Å². The molecule has 2 aliphatic heterocycles. The van der Waals surface area contributed by atoms with Crippen molar-refractivity contribution in [1.29, 1.82) is 0 Å². The van der Waals surface area contributed by atoms with Crippen molar-refractivity contribution in [2.75, 3.05) is 23.7 Å².